The molecule has 0 radical (unpaired) electrons. The maximum atomic E-state index is 14.4. The number of nitriles is 1. The van der Waals surface area contributed by atoms with Crippen LogP contribution in [0.1, 0.15) is 27.7 Å². The van der Waals surface area contributed by atoms with Crippen LogP contribution in [-0.2, 0) is 0 Å². The maximum absolute atomic E-state index is 14.4. The second kappa shape index (κ2) is 7.80. The van der Waals surface area contributed by atoms with Gasteiger partial charge in [0.2, 0.25) is 0 Å². The number of hydrogen-bond acceptors (Lipinski definition) is 5. The third-order valence-corrected chi connectivity index (χ3v) is 6.25. The van der Waals surface area contributed by atoms with Crippen molar-refractivity contribution in [1.29, 1.82) is 5.26 Å². The van der Waals surface area contributed by atoms with E-state index in [4.69, 9.17) is 0 Å². The van der Waals surface area contributed by atoms with Crippen molar-refractivity contribution in [3.05, 3.63) is 89.6 Å². The van der Waals surface area contributed by atoms with Crippen LogP contribution in [0.15, 0.2) is 67.0 Å². The summed E-state index contributed by atoms with van der Waals surface area (Å²) >= 11 is 0. The van der Waals surface area contributed by atoms with Crippen LogP contribution in [0, 0.1) is 29.0 Å². The Labute approximate surface area is 179 Å². The molecule has 5 rings (SSSR count). The number of halogens is 1. The van der Waals surface area contributed by atoms with E-state index in [2.05, 4.69) is 20.9 Å². The molecule has 2 aromatic carbocycles. The number of likely N-dealkylation sites (tertiary alicyclic amines) is 1. The van der Waals surface area contributed by atoms with Gasteiger partial charge in [-0.2, -0.15) is 5.26 Å². The molecule has 0 N–H and O–H groups in total. The zero-order valence-corrected chi connectivity index (χ0v) is 16.7. The lowest BCUT2D eigenvalue weighted by molar-refractivity contribution is 0.0711. The Bertz CT molecular complexity index is 1160. The predicted molar refractivity (Wildman–Crippen MR) is 113 cm³/mol. The van der Waals surface area contributed by atoms with Gasteiger partial charge < -0.3 is 9.80 Å². The number of hydrogen-bond donors (Lipinski definition) is 0. The van der Waals surface area contributed by atoms with Gasteiger partial charge in [0.15, 0.2) is 11.5 Å². The van der Waals surface area contributed by atoms with Crippen molar-refractivity contribution in [1.82, 2.24) is 14.9 Å². The van der Waals surface area contributed by atoms with Gasteiger partial charge in [-0.3, -0.25) is 4.79 Å². The van der Waals surface area contributed by atoms with E-state index in [1.807, 2.05) is 35.2 Å². The lowest BCUT2D eigenvalue weighted by atomic mass is 9.89. The van der Waals surface area contributed by atoms with Gasteiger partial charge in [0.05, 0.1) is 11.6 Å². The fraction of sp³-hybridized carbons (Fsp3) is 0.250. The van der Waals surface area contributed by atoms with Crippen molar-refractivity contribution in [3.63, 3.8) is 0 Å². The Morgan fingerprint density at radius 2 is 1.74 bits per heavy atom. The Hall–Kier alpha value is -3.79. The first-order chi connectivity index (χ1) is 15.2. The van der Waals surface area contributed by atoms with Crippen LogP contribution >= 0.6 is 0 Å². The van der Waals surface area contributed by atoms with E-state index in [-0.39, 0.29) is 29.3 Å². The zero-order chi connectivity index (χ0) is 21.4. The van der Waals surface area contributed by atoms with E-state index in [1.165, 1.54) is 12.3 Å². The summed E-state index contributed by atoms with van der Waals surface area (Å²) in [6.07, 6.45) is 3.10. The van der Waals surface area contributed by atoms with Crippen molar-refractivity contribution in [2.75, 3.05) is 24.5 Å². The second-order valence-electron chi connectivity index (χ2n) is 7.96. The third-order valence-electron chi connectivity index (χ3n) is 6.25. The Kier molecular flexibility index (Phi) is 4.83. The van der Waals surface area contributed by atoms with Crippen LogP contribution in [0.4, 0.5) is 10.2 Å². The lowest BCUT2D eigenvalue weighted by Gasteiger charge is -2.30. The summed E-state index contributed by atoms with van der Waals surface area (Å²) in [5, 5.41) is 9.41. The highest BCUT2D eigenvalue weighted by molar-refractivity contribution is 5.95. The molecule has 0 aliphatic carbocycles. The van der Waals surface area contributed by atoms with Gasteiger partial charge in [-0.05, 0) is 17.7 Å². The molecule has 1 aromatic heterocycles. The Balaban J connectivity index is 1.49. The number of aromatic nitrogens is 2. The number of carbonyl (C=O) groups is 1. The van der Waals surface area contributed by atoms with E-state index >= 15 is 0 Å². The number of nitrogens with zero attached hydrogens (tertiary/aromatic N) is 5. The van der Waals surface area contributed by atoms with Crippen LogP contribution in [0.3, 0.4) is 0 Å². The highest BCUT2D eigenvalue weighted by Crippen LogP contribution is 2.46. The number of fused-ring (bicyclic) bond motifs is 1. The van der Waals surface area contributed by atoms with Gasteiger partial charge in [-0.15, -0.1) is 0 Å². The molecule has 0 unspecified atom stereocenters. The molecule has 31 heavy (non-hydrogen) atoms. The molecular weight excluding hydrogens is 393 g/mol. The van der Waals surface area contributed by atoms with Crippen molar-refractivity contribution in [2.24, 2.45) is 11.8 Å². The summed E-state index contributed by atoms with van der Waals surface area (Å²) < 4.78 is 14.4. The fourth-order valence-electron chi connectivity index (χ4n) is 4.93. The zero-order valence-electron chi connectivity index (χ0n) is 16.7. The standard InChI is InChI=1S/C24H20FN5O/c25-20-9-5-4-8-18(20)24(31)30-14-17-13-29(23-21(12-26)27-10-11-28-23)15-19(17)22(30)16-6-2-1-3-7-16/h1-11,17,19,22H,13-15H2/t17-,19-,22-/m0/s1. The first-order valence-corrected chi connectivity index (χ1v) is 10.2. The van der Waals surface area contributed by atoms with Gasteiger partial charge >= 0.3 is 0 Å². The molecule has 2 saturated heterocycles. The molecular formula is C24H20FN5O. The highest BCUT2D eigenvalue weighted by atomic mass is 19.1. The van der Waals surface area contributed by atoms with Gasteiger partial charge in [-0.25, -0.2) is 14.4 Å². The molecule has 3 heterocycles. The molecule has 0 spiro atoms. The van der Waals surface area contributed by atoms with Crippen molar-refractivity contribution >= 4 is 11.7 Å². The van der Waals surface area contributed by atoms with Crippen LogP contribution in [0.25, 0.3) is 0 Å². The first kappa shape index (κ1) is 19.2. The minimum absolute atomic E-state index is 0.0981. The average molecular weight is 413 g/mol. The summed E-state index contributed by atoms with van der Waals surface area (Å²) in [4.78, 5) is 25.7. The second-order valence-corrected chi connectivity index (χ2v) is 7.96. The van der Waals surface area contributed by atoms with E-state index in [0.717, 1.165) is 5.56 Å². The summed E-state index contributed by atoms with van der Waals surface area (Å²) in [5.74, 6) is 0.126. The Morgan fingerprint density at radius 3 is 2.52 bits per heavy atom. The van der Waals surface area contributed by atoms with Gasteiger partial charge in [0, 0.05) is 43.9 Å². The minimum Gasteiger partial charge on any atom is -0.353 e. The number of amides is 1. The van der Waals surface area contributed by atoms with Crippen LogP contribution < -0.4 is 4.90 Å². The fourth-order valence-corrected chi connectivity index (χ4v) is 4.93. The van der Waals surface area contributed by atoms with Crippen molar-refractivity contribution in [2.45, 2.75) is 6.04 Å². The normalized spacial score (nSPS) is 22.3. The summed E-state index contributed by atoms with van der Waals surface area (Å²) in [7, 11) is 0. The monoisotopic (exact) mass is 413 g/mol. The molecule has 3 atom stereocenters. The van der Waals surface area contributed by atoms with Crippen molar-refractivity contribution in [3.8, 4) is 6.07 Å². The summed E-state index contributed by atoms with van der Waals surface area (Å²) in [5.41, 5.74) is 1.43. The van der Waals surface area contributed by atoms with Crippen LogP contribution in [0.2, 0.25) is 0 Å². The molecule has 2 aliphatic rings. The molecule has 6 nitrogen and oxygen atoms in total. The highest BCUT2D eigenvalue weighted by Gasteiger charge is 2.50. The quantitative estimate of drug-likeness (QED) is 0.658. The molecule has 2 aliphatic heterocycles. The molecule has 1 amide bonds. The summed E-state index contributed by atoms with van der Waals surface area (Å²) in [6.45, 7) is 1.84. The van der Waals surface area contributed by atoms with Gasteiger partial charge in [0.25, 0.3) is 5.91 Å². The largest absolute Gasteiger partial charge is 0.353 e. The van der Waals surface area contributed by atoms with Crippen LogP contribution in [0.5, 0.6) is 0 Å². The lowest BCUT2D eigenvalue weighted by Crippen LogP contribution is -2.36. The number of rotatable bonds is 3. The molecule has 0 saturated carbocycles. The number of benzene rings is 2. The smallest absolute Gasteiger partial charge is 0.257 e. The maximum Gasteiger partial charge on any atom is 0.257 e. The van der Waals surface area contributed by atoms with Gasteiger partial charge in [0.1, 0.15) is 11.9 Å². The van der Waals surface area contributed by atoms with E-state index < -0.39 is 5.82 Å². The SMILES string of the molecule is N#Cc1nccnc1N1C[C@H]2CN(C(=O)c3ccccc3F)[C@@H](c3ccccc3)[C@H]2C1. The number of anilines is 1. The minimum atomic E-state index is -0.504. The summed E-state index contributed by atoms with van der Waals surface area (Å²) in [6, 6.07) is 18.0. The van der Waals surface area contributed by atoms with Gasteiger partial charge in [-0.1, -0.05) is 42.5 Å². The molecule has 2 fully saturated rings. The van der Waals surface area contributed by atoms with E-state index in [9.17, 15) is 14.4 Å². The van der Waals surface area contributed by atoms with E-state index in [1.54, 1.807) is 24.4 Å². The third kappa shape index (κ3) is 3.30. The molecule has 0 bridgehead atoms. The van der Waals surface area contributed by atoms with Crippen molar-refractivity contribution < 1.29 is 9.18 Å². The molecule has 3 aromatic rings. The van der Waals surface area contributed by atoms with Crippen LogP contribution in [-0.4, -0.2) is 40.4 Å². The average Bonchev–Trinajstić information content (AvgIpc) is 3.37. The molecule has 7 heteroatoms. The topological polar surface area (TPSA) is 73.1 Å². The number of carbonyl (C=O) groups excluding carboxylic acids is 1. The van der Waals surface area contributed by atoms with E-state index in [0.29, 0.717) is 31.1 Å². The Morgan fingerprint density at radius 1 is 1.00 bits per heavy atom. The molecule has 154 valence electrons. The first-order valence-electron chi connectivity index (χ1n) is 10.2. The predicted octanol–water partition coefficient (Wildman–Crippen LogP) is 3.44.